The van der Waals surface area contributed by atoms with Crippen LogP contribution in [0.15, 0.2) is 224 Å². The number of benzene rings is 9. The van der Waals surface area contributed by atoms with Crippen molar-refractivity contribution in [3.05, 3.63) is 247 Å². The van der Waals surface area contributed by atoms with Crippen LogP contribution in [0.4, 0.5) is 0 Å². The smallest absolute Gasteiger partial charge is 0.164 e. The maximum Gasteiger partial charge on any atom is 0.164 e. The maximum atomic E-state index is 5.03. The molecule has 59 heavy (non-hydrogen) atoms. The summed E-state index contributed by atoms with van der Waals surface area (Å²) in [4.78, 5) is 15.0. The van der Waals surface area contributed by atoms with Gasteiger partial charge in [0.25, 0.3) is 0 Å². The highest BCUT2D eigenvalue weighted by Crippen LogP contribution is 2.60. The van der Waals surface area contributed by atoms with Gasteiger partial charge in [-0.25, -0.2) is 15.0 Å². The summed E-state index contributed by atoms with van der Waals surface area (Å²) in [5.74, 6) is 1.93. The maximum absolute atomic E-state index is 5.03. The molecule has 0 aliphatic heterocycles. The summed E-state index contributed by atoms with van der Waals surface area (Å²) in [6.07, 6.45) is 0. The van der Waals surface area contributed by atoms with E-state index in [0.29, 0.717) is 17.5 Å². The molecule has 10 aromatic rings. The molecule has 0 fully saturated rings. The molecular formula is C56H37N3. The fraction of sp³-hybridized carbons (Fsp3) is 0.0179. The first-order chi connectivity index (χ1) is 29.3. The molecule has 9 aromatic carbocycles. The van der Waals surface area contributed by atoms with E-state index in [0.717, 1.165) is 27.8 Å². The summed E-state index contributed by atoms with van der Waals surface area (Å²) >= 11 is 0. The van der Waals surface area contributed by atoms with E-state index in [2.05, 4.69) is 164 Å². The Bertz CT molecular complexity index is 3040. The molecule has 1 heterocycles. The van der Waals surface area contributed by atoms with E-state index in [9.17, 15) is 0 Å². The molecule has 11 rings (SSSR count). The molecule has 0 atom stereocenters. The van der Waals surface area contributed by atoms with Gasteiger partial charge in [-0.1, -0.05) is 206 Å². The Balaban J connectivity index is 1.10. The number of nitrogens with zero attached hydrogens (tertiary/aromatic N) is 3. The molecule has 1 aliphatic rings. The summed E-state index contributed by atoms with van der Waals surface area (Å²) < 4.78 is 0. The third kappa shape index (κ3) is 5.78. The first kappa shape index (κ1) is 34.5. The van der Waals surface area contributed by atoms with E-state index in [-0.39, 0.29) is 0 Å². The Morgan fingerprint density at radius 3 is 1.36 bits per heavy atom. The first-order valence-electron chi connectivity index (χ1n) is 20.1. The number of fused-ring (bicyclic) bond motifs is 5. The molecule has 0 saturated carbocycles. The molecule has 1 aliphatic carbocycles. The Labute approximate surface area is 344 Å². The molecule has 0 saturated heterocycles. The van der Waals surface area contributed by atoms with Crippen LogP contribution in [0.2, 0.25) is 0 Å². The lowest BCUT2D eigenvalue weighted by atomic mass is 9.66. The molecule has 3 nitrogen and oxygen atoms in total. The van der Waals surface area contributed by atoms with Gasteiger partial charge in [0.2, 0.25) is 0 Å². The lowest BCUT2D eigenvalue weighted by Gasteiger charge is -2.35. The Morgan fingerprint density at radius 2 is 0.746 bits per heavy atom. The van der Waals surface area contributed by atoms with Crippen molar-refractivity contribution in [1.29, 1.82) is 0 Å². The van der Waals surface area contributed by atoms with Crippen LogP contribution in [0.3, 0.4) is 0 Å². The summed E-state index contributed by atoms with van der Waals surface area (Å²) in [7, 11) is 0. The number of hydrogen-bond donors (Lipinski definition) is 0. The normalized spacial score (nSPS) is 12.5. The second-order valence-electron chi connectivity index (χ2n) is 15.1. The molecule has 0 radical (unpaired) electrons. The van der Waals surface area contributed by atoms with Crippen molar-refractivity contribution in [3.8, 4) is 67.5 Å². The van der Waals surface area contributed by atoms with Crippen molar-refractivity contribution in [1.82, 2.24) is 15.0 Å². The van der Waals surface area contributed by atoms with Gasteiger partial charge in [-0.15, -0.1) is 0 Å². The Morgan fingerprint density at radius 1 is 0.305 bits per heavy atom. The number of hydrogen-bond acceptors (Lipinski definition) is 3. The highest BCUT2D eigenvalue weighted by Gasteiger charge is 2.48. The van der Waals surface area contributed by atoms with Gasteiger partial charge in [0, 0.05) is 16.7 Å². The SMILES string of the molecule is c1ccc(-c2nc(-c3ccccc3)nc(-c3cccc(-c4cccc(-c5cc6ccccc6c6c5-c5ccccc5C6(c5ccccc5)c5ccccc5)c4)c3)n2)cc1. The molecule has 0 amide bonds. The van der Waals surface area contributed by atoms with Crippen LogP contribution < -0.4 is 0 Å². The van der Waals surface area contributed by atoms with Gasteiger partial charge in [-0.05, 0) is 84.6 Å². The zero-order chi connectivity index (χ0) is 39.2. The first-order valence-corrected chi connectivity index (χ1v) is 20.1. The van der Waals surface area contributed by atoms with E-state index >= 15 is 0 Å². The van der Waals surface area contributed by atoms with E-state index in [4.69, 9.17) is 15.0 Å². The topological polar surface area (TPSA) is 38.7 Å². The van der Waals surface area contributed by atoms with E-state index in [1.54, 1.807) is 0 Å². The molecule has 3 heteroatoms. The van der Waals surface area contributed by atoms with E-state index in [1.165, 1.54) is 55.3 Å². The quantitative estimate of drug-likeness (QED) is 0.163. The lowest BCUT2D eigenvalue weighted by Crippen LogP contribution is -2.28. The van der Waals surface area contributed by atoms with Crippen molar-refractivity contribution in [2.45, 2.75) is 5.41 Å². The van der Waals surface area contributed by atoms with Gasteiger partial charge in [-0.3, -0.25) is 0 Å². The van der Waals surface area contributed by atoms with Gasteiger partial charge in [-0.2, -0.15) is 0 Å². The van der Waals surface area contributed by atoms with E-state index < -0.39 is 5.41 Å². The zero-order valence-electron chi connectivity index (χ0n) is 32.2. The Hall–Kier alpha value is -7.75. The highest BCUT2D eigenvalue weighted by molar-refractivity contribution is 6.07. The third-order valence-corrected chi connectivity index (χ3v) is 11.8. The third-order valence-electron chi connectivity index (χ3n) is 11.8. The summed E-state index contributed by atoms with van der Waals surface area (Å²) in [5.41, 5.74) is 14.6. The summed E-state index contributed by atoms with van der Waals surface area (Å²) in [5, 5.41) is 2.48. The molecule has 0 unspecified atom stereocenters. The monoisotopic (exact) mass is 751 g/mol. The zero-order valence-corrected chi connectivity index (χ0v) is 32.2. The summed E-state index contributed by atoms with van der Waals surface area (Å²) in [6, 6.07) is 80.3. The predicted octanol–water partition coefficient (Wildman–Crippen LogP) is 13.7. The van der Waals surface area contributed by atoms with Crippen LogP contribution in [0, 0.1) is 0 Å². The second-order valence-corrected chi connectivity index (χ2v) is 15.1. The van der Waals surface area contributed by atoms with Crippen LogP contribution in [-0.4, -0.2) is 15.0 Å². The fourth-order valence-electron chi connectivity index (χ4n) is 9.19. The minimum Gasteiger partial charge on any atom is -0.208 e. The van der Waals surface area contributed by atoms with Crippen molar-refractivity contribution >= 4 is 10.8 Å². The van der Waals surface area contributed by atoms with Gasteiger partial charge in [0.1, 0.15) is 0 Å². The standard InChI is InChI=1S/C56H37N3/c1-5-19-38(20-6-1)53-57-54(39-21-7-2-8-22-39)59-55(58-53)44-27-18-25-41(36-44)40-24-17-26-42(35-40)49-37-43-23-13-14-32-47(43)52-51(49)48-33-15-16-34-50(48)56(52,45-28-9-3-10-29-45)46-30-11-4-12-31-46/h1-37H. The molecule has 0 N–H and O–H groups in total. The van der Waals surface area contributed by atoms with Gasteiger partial charge < -0.3 is 0 Å². The summed E-state index contributed by atoms with van der Waals surface area (Å²) in [6.45, 7) is 0. The van der Waals surface area contributed by atoms with Gasteiger partial charge in [0.05, 0.1) is 5.41 Å². The van der Waals surface area contributed by atoms with E-state index in [1.807, 2.05) is 60.7 Å². The average Bonchev–Trinajstić information content (AvgIpc) is 3.64. The lowest BCUT2D eigenvalue weighted by molar-refractivity contribution is 0.775. The molecule has 0 spiro atoms. The minimum absolute atomic E-state index is 0.516. The van der Waals surface area contributed by atoms with Crippen LogP contribution >= 0.6 is 0 Å². The van der Waals surface area contributed by atoms with Gasteiger partial charge >= 0.3 is 0 Å². The van der Waals surface area contributed by atoms with Crippen molar-refractivity contribution in [2.24, 2.45) is 0 Å². The fourth-order valence-corrected chi connectivity index (χ4v) is 9.19. The minimum atomic E-state index is -0.516. The van der Waals surface area contributed by atoms with Crippen molar-refractivity contribution in [3.63, 3.8) is 0 Å². The number of aromatic nitrogens is 3. The van der Waals surface area contributed by atoms with Crippen molar-refractivity contribution < 1.29 is 0 Å². The molecular weight excluding hydrogens is 715 g/mol. The average molecular weight is 752 g/mol. The Kier molecular flexibility index (Phi) is 8.37. The molecule has 276 valence electrons. The molecule has 0 bridgehead atoms. The largest absolute Gasteiger partial charge is 0.208 e. The molecule has 1 aromatic heterocycles. The van der Waals surface area contributed by atoms with Crippen LogP contribution in [0.25, 0.3) is 78.3 Å². The van der Waals surface area contributed by atoms with Gasteiger partial charge in [0.15, 0.2) is 17.5 Å². The van der Waals surface area contributed by atoms with Crippen LogP contribution in [-0.2, 0) is 5.41 Å². The predicted molar refractivity (Wildman–Crippen MR) is 242 cm³/mol. The second kappa shape index (κ2) is 14.3. The number of rotatable bonds is 7. The van der Waals surface area contributed by atoms with Crippen molar-refractivity contribution in [2.75, 3.05) is 0 Å². The van der Waals surface area contributed by atoms with Crippen LogP contribution in [0.1, 0.15) is 22.3 Å². The van der Waals surface area contributed by atoms with Crippen LogP contribution in [0.5, 0.6) is 0 Å². The highest BCUT2D eigenvalue weighted by atomic mass is 15.0.